The van der Waals surface area contributed by atoms with Crippen molar-refractivity contribution in [3.8, 4) is 0 Å². The summed E-state index contributed by atoms with van der Waals surface area (Å²) in [6, 6.07) is 7.47. The largest absolute Gasteiger partial charge is 1.00 e. The van der Waals surface area contributed by atoms with Crippen LogP contribution in [-0.4, -0.2) is 8.76 Å². The average molecular weight is 192 g/mol. The van der Waals surface area contributed by atoms with E-state index in [1.807, 2.05) is 31.2 Å². The minimum Gasteiger partial charge on any atom is -0.772 e. The van der Waals surface area contributed by atoms with E-state index in [2.05, 4.69) is 0 Å². The van der Waals surface area contributed by atoms with Crippen molar-refractivity contribution in [3.05, 3.63) is 35.4 Å². The van der Waals surface area contributed by atoms with Crippen LogP contribution in [0.25, 0.3) is 0 Å². The Bertz CT molecular complexity index is 276. The quantitative estimate of drug-likeness (QED) is 0.417. The summed E-state index contributed by atoms with van der Waals surface area (Å²) in [5.41, 5.74) is 1.90. The Labute approximate surface area is 97.0 Å². The Morgan fingerprint density at radius 1 is 1.42 bits per heavy atom. The molecule has 1 aromatic rings. The van der Waals surface area contributed by atoms with Crippen molar-refractivity contribution in [2.45, 2.75) is 12.7 Å². The molecule has 0 aromatic heterocycles. The predicted molar refractivity (Wildman–Crippen MR) is 43.8 cm³/mol. The molecule has 0 fully saturated rings. The van der Waals surface area contributed by atoms with Gasteiger partial charge >= 0.3 is 29.6 Å². The topological polar surface area (TPSA) is 40.1 Å². The molecule has 4 heteroatoms. The summed E-state index contributed by atoms with van der Waals surface area (Å²) in [4.78, 5) is 0. The zero-order valence-corrected chi connectivity index (χ0v) is 10.1. The molecule has 1 aromatic carbocycles. The van der Waals surface area contributed by atoms with E-state index >= 15 is 0 Å². The van der Waals surface area contributed by atoms with Gasteiger partial charge in [0.2, 0.25) is 0 Å². The Kier molecular flexibility index (Phi) is 6.05. The van der Waals surface area contributed by atoms with E-state index in [9.17, 15) is 8.76 Å². The Hall–Kier alpha value is 0.330. The maximum Gasteiger partial charge on any atom is 1.00 e. The second-order valence-electron chi connectivity index (χ2n) is 2.37. The van der Waals surface area contributed by atoms with E-state index in [1.165, 1.54) is 0 Å². The molecule has 0 spiro atoms. The Morgan fingerprint density at radius 2 is 2.00 bits per heavy atom. The van der Waals surface area contributed by atoms with Crippen LogP contribution in [0.3, 0.4) is 0 Å². The molecular formula is C8H9NaO2S. The summed E-state index contributed by atoms with van der Waals surface area (Å²) in [5, 5.41) is 0. The van der Waals surface area contributed by atoms with Gasteiger partial charge in [-0.05, 0) is 18.1 Å². The molecule has 1 unspecified atom stereocenters. The van der Waals surface area contributed by atoms with Gasteiger partial charge in [-0.15, -0.1) is 0 Å². The second-order valence-corrected chi connectivity index (χ2v) is 3.27. The maximum absolute atomic E-state index is 10.3. The molecule has 2 nitrogen and oxygen atoms in total. The second kappa shape index (κ2) is 5.89. The molecule has 0 aliphatic heterocycles. The number of hydrogen-bond donors (Lipinski definition) is 0. The fourth-order valence-corrected chi connectivity index (χ4v) is 1.48. The number of aryl methyl sites for hydroxylation is 1. The molecule has 0 saturated heterocycles. The van der Waals surface area contributed by atoms with Gasteiger partial charge in [-0.1, -0.05) is 35.3 Å². The number of benzene rings is 1. The number of rotatable bonds is 2. The van der Waals surface area contributed by atoms with Crippen LogP contribution in [-0.2, 0) is 16.8 Å². The van der Waals surface area contributed by atoms with Gasteiger partial charge in [-0.2, -0.15) is 0 Å². The van der Waals surface area contributed by atoms with Crippen molar-refractivity contribution in [1.29, 1.82) is 0 Å². The minimum absolute atomic E-state index is 0. The molecule has 1 atom stereocenters. The molecule has 0 bridgehead atoms. The summed E-state index contributed by atoms with van der Waals surface area (Å²) >= 11 is -1.98. The molecule has 60 valence electrons. The van der Waals surface area contributed by atoms with E-state index < -0.39 is 11.1 Å². The fraction of sp³-hybridized carbons (Fsp3) is 0.250. The van der Waals surface area contributed by atoms with Crippen LogP contribution in [0, 0.1) is 6.92 Å². The molecule has 0 amide bonds. The van der Waals surface area contributed by atoms with Crippen molar-refractivity contribution < 1.29 is 38.3 Å². The van der Waals surface area contributed by atoms with Crippen molar-refractivity contribution >= 4 is 11.1 Å². The van der Waals surface area contributed by atoms with Crippen molar-refractivity contribution in [3.63, 3.8) is 0 Å². The number of hydrogen-bond acceptors (Lipinski definition) is 2. The summed E-state index contributed by atoms with van der Waals surface area (Å²) in [7, 11) is 0. The van der Waals surface area contributed by atoms with E-state index in [4.69, 9.17) is 0 Å². The first kappa shape index (κ1) is 12.3. The monoisotopic (exact) mass is 192 g/mol. The van der Waals surface area contributed by atoms with Gasteiger partial charge < -0.3 is 4.55 Å². The third kappa shape index (κ3) is 3.83. The molecule has 0 radical (unpaired) electrons. The minimum atomic E-state index is -1.98. The first-order valence-corrected chi connectivity index (χ1v) is 4.55. The molecule has 0 N–H and O–H groups in total. The maximum atomic E-state index is 10.3. The predicted octanol–water partition coefficient (Wildman–Crippen LogP) is -1.62. The van der Waals surface area contributed by atoms with Gasteiger partial charge in [-0.3, -0.25) is 4.21 Å². The molecule has 12 heavy (non-hydrogen) atoms. The van der Waals surface area contributed by atoms with Gasteiger partial charge in [0, 0.05) is 5.75 Å². The summed E-state index contributed by atoms with van der Waals surface area (Å²) in [5.74, 6) is 0.118. The van der Waals surface area contributed by atoms with Crippen molar-refractivity contribution in [2.24, 2.45) is 0 Å². The molecule has 0 heterocycles. The van der Waals surface area contributed by atoms with Crippen LogP contribution in [0.4, 0.5) is 0 Å². The van der Waals surface area contributed by atoms with Crippen molar-refractivity contribution in [1.82, 2.24) is 0 Å². The van der Waals surface area contributed by atoms with Crippen LogP contribution < -0.4 is 29.6 Å². The van der Waals surface area contributed by atoms with Crippen LogP contribution in [0.2, 0.25) is 0 Å². The van der Waals surface area contributed by atoms with E-state index in [1.54, 1.807) is 0 Å². The van der Waals surface area contributed by atoms with Gasteiger partial charge in [0.25, 0.3) is 0 Å². The van der Waals surface area contributed by atoms with Gasteiger partial charge in [-0.25, -0.2) is 0 Å². The first-order valence-electron chi connectivity index (χ1n) is 3.30. The summed E-state index contributed by atoms with van der Waals surface area (Å²) < 4.78 is 20.6. The molecule has 0 aliphatic carbocycles. The SMILES string of the molecule is Cc1ccccc1CS(=O)[O-].[Na+]. The summed E-state index contributed by atoms with van der Waals surface area (Å²) in [6.45, 7) is 1.90. The van der Waals surface area contributed by atoms with Crippen LogP contribution in [0.1, 0.15) is 11.1 Å². The third-order valence-corrected chi connectivity index (χ3v) is 2.08. The fourth-order valence-electron chi connectivity index (χ4n) is 0.899. The zero-order valence-electron chi connectivity index (χ0n) is 7.24. The van der Waals surface area contributed by atoms with Gasteiger partial charge in [0.05, 0.1) is 0 Å². The molecule has 1 rings (SSSR count). The Balaban J connectivity index is 0.00000121. The van der Waals surface area contributed by atoms with Crippen molar-refractivity contribution in [2.75, 3.05) is 0 Å². The smallest absolute Gasteiger partial charge is 0.772 e. The first-order chi connectivity index (χ1) is 5.20. The van der Waals surface area contributed by atoms with E-state index in [0.29, 0.717) is 0 Å². The Morgan fingerprint density at radius 3 is 2.50 bits per heavy atom. The normalized spacial score (nSPS) is 11.8. The van der Waals surface area contributed by atoms with Gasteiger partial charge in [0.15, 0.2) is 0 Å². The molecular weight excluding hydrogens is 183 g/mol. The van der Waals surface area contributed by atoms with Crippen LogP contribution >= 0.6 is 0 Å². The van der Waals surface area contributed by atoms with Gasteiger partial charge in [0.1, 0.15) is 0 Å². The van der Waals surface area contributed by atoms with Crippen LogP contribution in [0.5, 0.6) is 0 Å². The third-order valence-electron chi connectivity index (χ3n) is 1.53. The average Bonchev–Trinajstić information content (AvgIpc) is 1.93. The molecule has 0 aliphatic rings. The van der Waals surface area contributed by atoms with Crippen LogP contribution in [0.15, 0.2) is 24.3 Å². The van der Waals surface area contributed by atoms with E-state index in [-0.39, 0.29) is 35.3 Å². The van der Waals surface area contributed by atoms with E-state index in [0.717, 1.165) is 11.1 Å². The molecule has 0 saturated carbocycles. The standard InChI is InChI=1S/C8H10O2S.Na/c1-7-4-2-3-5-8(7)6-11(9)10;/h2-5H,6H2,1H3,(H,9,10);/q;+1/p-1. The summed E-state index contributed by atoms with van der Waals surface area (Å²) in [6.07, 6.45) is 0. The zero-order chi connectivity index (χ0) is 8.27.